The topological polar surface area (TPSA) is 123 Å². The van der Waals surface area contributed by atoms with Crippen LogP contribution in [0.15, 0.2) is 46.9 Å². The van der Waals surface area contributed by atoms with E-state index in [1.165, 1.54) is 0 Å². The number of urea groups is 1. The van der Waals surface area contributed by atoms with Gasteiger partial charge >= 0.3 is 6.03 Å². The maximum absolute atomic E-state index is 13.0. The average Bonchev–Trinajstić information content (AvgIpc) is 3.35. The zero-order chi connectivity index (χ0) is 20.8. The maximum atomic E-state index is 13.0. The van der Waals surface area contributed by atoms with Crippen molar-refractivity contribution in [2.75, 3.05) is 6.54 Å². The van der Waals surface area contributed by atoms with E-state index in [1.807, 2.05) is 18.2 Å². The highest BCUT2D eigenvalue weighted by molar-refractivity contribution is 7.14. The lowest BCUT2D eigenvalue weighted by atomic mass is 9.99. The Balaban J connectivity index is 1.55. The summed E-state index contributed by atoms with van der Waals surface area (Å²) >= 11 is 1.12. The molecule has 0 spiro atoms. The SMILES string of the molecule is C[C@@]1(c2cc3ccccc3o2)NC(=O)N(CC(=O)c2ccc(CC(N)=O)s2)C1=O. The van der Waals surface area contributed by atoms with Crippen molar-refractivity contribution in [2.45, 2.75) is 18.9 Å². The van der Waals surface area contributed by atoms with Crippen molar-refractivity contribution < 1.29 is 23.6 Å². The quantitative estimate of drug-likeness (QED) is 0.475. The van der Waals surface area contributed by atoms with Crippen molar-refractivity contribution in [3.8, 4) is 0 Å². The Kier molecular flexibility index (Phi) is 4.46. The largest absolute Gasteiger partial charge is 0.458 e. The number of furan rings is 1. The Hall–Kier alpha value is -3.46. The summed E-state index contributed by atoms with van der Waals surface area (Å²) in [5.74, 6) is -1.17. The molecule has 148 valence electrons. The summed E-state index contributed by atoms with van der Waals surface area (Å²) in [7, 11) is 0. The van der Waals surface area contributed by atoms with Gasteiger partial charge in [-0.2, -0.15) is 0 Å². The number of rotatable bonds is 6. The third kappa shape index (κ3) is 3.29. The van der Waals surface area contributed by atoms with Crippen molar-refractivity contribution in [2.24, 2.45) is 5.73 Å². The van der Waals surface area contributed by atoms with E-state index >= 15 is 0 Å². The van der Waals surface area contributed by atoms with Gasteiger partial charge in [0.15, 0.2) is 11.3 Å². The van der Waals surface area contributed by atoms with Gasteiger partial charge in [0.2, 0.25) is 5.91 Å². The smallest absolute Gasteiger partial charge is 0.325 e. The fraction of sp³-hybridized carbons (Fsp3) is 0.200. The number of hydrogen-bond donors (Lipinski definition) is 2. The molecule has 1 fully saturated rings. The molecule has 3 aromatic rings. The van der Waals surface area contributed by atoms with Crippen molar-refractivity contribution in [3.05, 3.63) is 58.0 Å². The lowest BCUT2D eigenvalue weighted by molar-refractivity contribution is -0.131. The van der Waals surface area contributed by atoms with Gasteiger partial charge in [0.1, 0.15) is 11.3 Å². The van der Waals surface area contributed by atoms with E-state index in [0.29, 0.717) is 21.1 Å². The van der Waals surface area contributed by atoms with E-state index in [-0.39, 0.29) is 6.42 Å². The number of carbonyl (C=O) groups excluding carboxylic acids is 4. The average molecular weight is 411 g/mol. The molecule has 4 amide bonds. The van der Waals surface area contributed by atoms with Crippen LogP contribution in [0.1, 0.15) is 27.2 Å². The fourth-order valence-electron chi connectivity index (χ4n) is 3.25. The summed E-state index contributed by atoms with van der Waals surface area (Å²) in [4.78, 5) is 50.9. The molecule has 8 nitrogen and oxygen atoms in total. The molecule has 4 rings (SSSR count). The normalized spacial score (nSPS) is 19.0. The minimum Gasteiger partial charge on any atom is -0.458 e. The number of carbonyl (C=O) groups is 4. The number of nitrogens with two attached hydrogens (primary N) is 1. The standard InChI is InChI=1S/C20H17N3O5S/c1-20(16-8-11-4-2-3-5-14(11)28-16)18(26)23(19(27)22-20)10-13(24)15-7-6-12(29-15)9-17(21)25/h2-8H,9-10H2,1H3,(H2,21,25)(H,22,27)/t20-/m0/s1. The monoisotopic (exact) mass is 411 g/mol. The van der Waals surface area contributed by atoms with Gasteiger partial charge in [0.25, 0.3) is 5.91 Å². The molecular formula is C20H17N3O5S. The molecule has 0 unspecified atom stereocenters. The van der Waals surface area contributed by atoms with Gasteiger partial charge < -0.3 is 15.5 Å². The van der Waals surface area contributed by atoms with Gasteiger partial charge in [-0.05, 0) is 31.2 Å². The molecule has 1 saturated heterocycles. The van der Waals surface area contributed by atoms with E-state index in [1.54, 1.807) is 31.2 Å². The van der Waals surface area contributed by atoms with Crippen LogP contribution in [0.3, 0.4) is 0 Å². The number of amides is 4. The fourth-order valence-corrected chi connectivity index (χ4v) is 4.20. The number of benzene rings is 1. The molecule has 3 N–H and O–H groups in total. The number of imide groups is 1. The third-order valence-corrected chi connectivity index (χ3v) is 5.91. The van der Waals surface area contributed by atoms with E-state index < -0.39 is 35.7 Å². The van der Waals surface area contributed by atoms with Gasteiger partial charge in [-0.15, -0.1) is 11.3 Å². The third-order valence-electron chi connectivity index (χ3n) is 4.78. The van der Waals surface area contributed by atoms with E-state index in [9.17, 15) is 19.2 Å². The zero-order valence-corrected chi connectivity index (χ0v) is 16.2. The van der Waals surface area contributed by atoms with Crippen LogP contribution < -0.4 is 11.1 Å². The Labute approximate surface area is 169 Å². The molecule has 2 aromatic heterocycles. The molecule has 29 heavy (non-hydrogen) atoms. The van der Waals surface area contributed by atoms with Gasteiger partial charge in [0.05, 0.1) is 17.8 Å². The van der Waals surface area contributed by atoms with Gasteiger partial charge in [-0.25, -0.2) is 4.79 Å². The number of Topliss-reactive ketones (excluding diaryl/α,β-unsaturated/α-hetero) is 1. The van der Waals surface area contributed by atoms with Crippen LogP contribution in [0.2, 0.25) is 0 Å². The Bertz CT molecular complexity index is 1130. The molecule has 1 aliphatic rings. The minimum absolute atomic E-state index is 0.0329. The summed E-state index contributed by atoms with van der Waals surface area (Å²) in [6, 6.07) is 11.5. The van der Waals surface area contributed by atoms with Crippen molar-refractivity contribution in [1.82, 2.24) is 10.2 Å². The Morgan fingerprint density at radius 1 is 1.21 bits per heavy atom. The number of hydrogen-bond acceptors (Lipinski definition) is 6. The predicted molar refractivity (Wildman–Crippen MR) is 105 cm³/mol. The first-order chi connectivity index (χ1) is 13.8. The molecular weight excluding hydrogens is 394 g/mol. The first-order valence-corrected chi connectivity index (χ1v) is 9.63. The first kappa shape index (κ1) is 18.9. The molecule has 1 atom stereocenters. The van der Waals surface area contributed by atoms with Gasteiger partial charge in [-0.1, -0.05) is 18.2 Å². The van der Waals surface area contributed by atoms with Crippen molar-refractivity contribution >= 4 is 45.9 Å². The summed E-state index contributed by atoms with van der Waals surface area (Å²) in [5.41, 5.74) is 4.36. The van der Waals surface area contributed by atoms with Crippen LogP contribution in [-0.4, -0.2) is 35.1 Å². The minimum atomic E-state index is -1.40. The number of thiophene rings is 1. The van der Waals surface area contributed by atoms with Crippen LogP contribution in [0.4, 0.5) is 4.79 Å². The molecule has 0 saturated carbocycles. The molecule has 0 radical (unpaired) electrons. The summed E-state index contributed by atoms with van der Waals surface area (Å²) in [5, 5.41) is 3.44. The van der Waals surface area contributed by atoms with E-state index in [4.69, 9.17) is 10.2 Å². The van der Waals surface area contributed by atoms with Crippen molar-refractivity contribution in [3.63, 3.8) is 0 Å². The first-order valence-electron chi connectivity index (χ1n) is 8.81. The highest BCUT2D eigenvalue weighted by Gasteiger charge is 2.51. The number of nitrogens with one attached hydrogen (secondary N) is 1. The van der Waals surface area contributed by atoms with E-state index in [0.717, 1.165) is 21.6 Å². The summed E-state index contributed by atoms with van der Waals surface area (Å²) < 4.78 is 5.76. The van der Waals surface area contributed by atoms with Crippen LogP contribution in [0.25, 0.3) is 11.0 Å². The lowest BCUT2D eigenvalue weighted by Crippen LogP contribution is -2.41. The zero-order valence-electron chi connectivity index (χ0n) is 15.4. The second-order valence-electron chi connectivity index (χ2n) is 6.93. The summed E-state index contributed by atoms with van der Waals surface area (Å²) in [6.45, 7) is 1.14. The molecule has 0 aliphatic carbocycles. The predicted octanol–water partition coefficient (Wildman–Crippen LogP) is 2.17. The second kappa shape index (κ2) is 6.85. The second-order valence-corrected chi connectivity index (χ2v) is 8.10. The van der Waals surface area contributed by atoms with Crippen LogP contribution in [-0.2, 0) is 21.5 Å². The van der Waals surface area contributed by atoms with Crippen LogP contribution >= 0.6 is 11.3 Å². The highest BCUT2D eigenvalue weighted by atomic mass is 32.1. The number of primary amides is 1. The number of para-hydroxylation sites is 1. The number of ketones is 1. The van der Waals surface area contributed by atoms with Crippen LogP contribution in [0, 0.1) is 0 Å². The molecule has 1 aliphatic heterocycles. The highest BCUT2D eigenvalue weighted by Crippen LogP contribution is 2.33. The molecule has 9 heteroatoms. The molecule has 0 bridgehead atoms. The Morgan fingerprint density at radius 2 is 1.97 bits per heavy atom. The van der Waals surface area contributed by atoms with Crippen molar-refractivity contribution in [1.29, 1.82) is 0 Å². The van der Waals surface area contributed by atoms with Gasteiger partial charge in [0, 0.05) is 10.3 Å². The number of fused-ring (bicyclic) bond motifs is 1. The maximum Gasteiger partial charge on any atom is 0.325 e. The van der Waals surface area contributed by atoms with E-state index in [2.05, 4.69) is 5.32 Å². The lowest BCUT2D eigenvalue weighted by Gasteiger charge is -2.18. The number of nitrogens with zero attached hydrogens (tertiary/aromatic N) is 1. The molecule has 3 heterocycles. The van der Waals surface area contributed by atoms with Gasteiger partial charge in [-0.3, -0.25) is 19.3 Å². The molecule has 1 aromatic carbocycles. The van der Waals surface area contributed by atoms with Crippen LogP contribution in [0.5, 0.6) is 0 Å². The summed E-state index contributed by atoms with van der Waals surface area (Å²) in [6.07, 6.45) is 0.0329. The Morgan fingerprint density at radius 3 is 2.69 bits per heavy atom.